The molecule has 1 N–H and O–H groups in total. The smallest absolute Gasteiger partial charge is 0.273 e. The van der Waals surface area contributed by atoms with Gasteiger partial charge in [0.2, 0.25) is 5.91 Å². The molecule has 2 amide bonds. The summed E-state index contributed by atoms with van der Waals surface area (Å²) in [5.74, 6) is 0.782. The van der Waals surface area contributed by atoms with E-state index in [2.05, 4.69) is 27.6 Å². The van der Waals surface area contributed by atoms with Crippen LogP contribution in [0, 0.1) is 12.8 Å². The molecule has 4 rings (SSSR count). The number of hydrogen-bond acceptors (Lipinski definition) is 5. The molecule has 0 unspecified atom stereocenters. The number of hydrogen-bond donors (Lipinski definition) is 1. The highest BCUT2D eigenvalue weighted by atomic mass is 16.5. The van der Waals surface area contributed by atoms with Crippen LogP contribution in [-0.4, -0.2) is 33.4 Å². The SMILES string of the molecule is CCc1cc(C(=O)NCc2c(C)ncc3c2CCN(C(=O)[C@@H]2CC=CCC2)C3)no1. The maximum atomic E-state index is 12.9. The van der Waals surface area contributed by atoms with Crippen LogP contribution in [0.2, 0.25) is 0 Å². The fourth-order valence-corrected chi connectivity index (χ4v) is 4.27. The highest BCUT2D eigenvalue weighted by Crippen LogP contribution is 2.27. The molecule has 1 aliphatic heterocycles. The molecule has 1 atom stereocenters. The van der Waals surface area contributed by atoms with Gasteiger partial charge in [0.25, 0.3) is 5.91 Å². The summed E-state index contributed by atoms with van der Waals surface area (Å²) in [5, 5.41) is 6.77. The maximum absolute atomic E-state index is 12.9. The summed E-state index contributed by atoms with van der Waals surface area (Å²) >= 11 is 0. The van der Waals surface area contributed by atoms with E-state index in [-0.39, 0.29) is 17.7 Å². The van der Waals surface area contributed by atoms with Crippen molar-refractivity contribution < 1.29 is 14.1 Å². The van der Waals surface area contributed by atoms with E-state index in [4.69, 9.17) is 4.52 Å². The van der Waals surface area contributed by atoms with Crippen molar-refractivity contribution in [2.45, 2.75) is 59.0 Å². The first kappa shape index (κ1) is 20.3. The van der Waals surface area contributed by atoms with Gasteiger partial charge in [-0.2, -0.15) is 0 Å². The normalized spacial score (nSPS) is 18.2. The molecule has 2 aliphatic rings. The van der Waals surface area contributed by atoms with E-state index < -0.39 is 0 Å². The van der Waals surface area contributed by atoms with Gasteiger partial charge >= 0.3 is 0 Å². The molecule has 0 spiro atoms. The molecule has 158 valence electrons. The monoisotopic (exact) mass is 408 g/mol. The molecule has 30 heavy (non-hydrogen) atoms. The summed E-state index contributed by atoms with van der Waals surface area (Å²) in [7, 11) is 0. The fraction of sp³-hybridized carbons (Fsp3) is 0.478. The quantitative estimate of drug-likeness (QED) is 0.768. The number of aromatic nitrogens is 2. The summed E-state index contributed by atoms with van der Waals surface area (Å²) in [6.07, 6.45) is 10.4. The second-order valence-corrected chi connectivity index (χ2v) is 8.03. The largest absolute Gasteiger partial charge is 0.361 e. The van der Waals surface area contributed by atoms with E-state index in [9.17, 15) is 9.59 Å². The van der Waals surface area contributed by atoms with Crippen molar-refractivity contribution in [2.24, 2.45) is 5.92 Å². The number of aryl methyl sites for hydroxylation is 2. The van der Waals surface area contributed by atoms with Crippen molar-refractivity contribution in [1.29, 1.82) is 0 Å². The van der Waals surface area contributed by atoms with Crippen LogP contribution in [0.3, 0.4) is 0 Å². The minimum Gasteiger partial charge on any atom is -0.361 e. The zero-order chi connectivity index (χ0) is 21.1. The van der Waals surface area contributed by atoms with Gasteiger partial charge in [-0.25, -0.2) is 0 Å². The van der Waals surface area contributed by atoms with Gasteiger partial charge in [0.1, 0.15) is 5.76 Å². The zero-order valence-corrected chi connectivity index (χ0v) is 17.6. The molecule has 1 aliphatic carbocycles. The Morgan fingerprint density at radius 2 is 2.20 bits per heavy atom. The van der Waals surface area contributed by atoms with E-state index in [0.717, 1.165) is 42.5 Å². The maximum Gasteiger partial charge on any atom is 0.273 e. The number of rotatable bonds is 5. The summed E-state index contributed by atoms with van der Waals surface area (Å²) < 4.78 is 5.12. The number of nitrogens with one attached hydrogen (secondary N) is 1. The van der Waals surface area contributed by atoms with Gasteiger partial charge in [0, 0.05) is 49.9 Å². The second kappa shape index (κ2) is 8.81. The molecule has 0 bridgehead atoms. The minimum atomic E-state index is -0.256. The van der Waals surface area contributed by atoms with Gasteiger partial charge in [0.05, 0.1) is 0 Å². The average Bonchev–Trinajstić information content (AvgIpc) is 3.27. The number of fused-ring (bicyclic) bond motifs is 1. The van der Waals surface area contributed by atoms with Crippen molar-refractivity contribution in [3.05, 3.63) is 58.3 Å². The third-order valence-corrected chi connectivity index (χ3v) is 6.09. The number of carbonyl (C=O) groups is 2. The van der Waals surface area contributed by atoms with Gasteiger partial charge in [-0.3, -0.25) is 14.6 Å². The van der Waals surface area contributed by atoms with E-state index in [1.54, 1.807) is 6.07 Å². The number of allylic oxidation sites excluding steroid dienone is 2. The van der Waals surface area contributed by atoms with E-state index in [0.29, 0.717) is 37.5 Å². The third kappa shape index (κ3) is 4.15. The molecule has 0 fully saturated rings. The third-order valence-electron chi connectivity index (χ3n) is 6.09. The van der Waals surface area contributed by atoms with Crippen LogP contribution >= 0.6 is 0 Å². The first-order chi connectivity index (χ1) is 14.6. The van der Waals surface area contributed by atoms with E-state index in [1.165, 1.54) is 5.56 Å². The van der Waals surface area contributed by atoms with Crippen molar-refractivity contribution in [3.8, 4) is 0 Å². The average molecular weight is 409 g/mol. The molecule has 2 aromatic heterocycles. The van der Waals surface area contributed by atoms with Crippen LogP contribution in [0.15, 0.2) is 28.9 Å². The van der Waals surface area contributed by atoms with Crippen molar-refractivity contribution in [2.75, 3.05) is 6.54 Å². The number of nitrogens with zero attached hydrogens (tertiary/aromatic N) is 3. The summed E-state index contributed by atoms with van der Waals surface area (Å²) in [4.78, 5) is 31.8. The Bertz CT molecular complexity index is 979. The molecule has 7 nitrogen and oxygen atoms in total. The lowest BCUT2D eigenvalue weighted by Crippen LogP contribution is -2.40. The van der Waals surface area contributed by atoms with Gasteiger partial charge in [-0.15, -0.1) is 0 Å². The Morgan fingerprint density at radius 3 is 2.93 bits per heavy atom. The van der Waals surface area contributed by atoms with Crippen LogP contribution in [0.1, 0.15) is 64.8 Å². The van der Waals surface area contributed by atoms with Crippen LogP contribution in [-0.2, 0) is 30.7 Å². The Kier molecular flexibility index (Phi) is 5.97. The fourth-order valence-electron chi connectivity index (χ4n) is 4.27. The molecule has 2 aromatic rings. The van der Waals surface area contributed by atoms with Crippen LogP contribution in [0.5, 0.6) is 0 Å². The predicted octanol–water partition coefficient (Wildman–Crippen LogP) is 3.11. The number of carbonyl (C=O) groups excluding carboxylic acids is 2. The molecular formula is C23H28N4O3. The molecule has 0 radical (unpaired) electrons. The van der Waals surface area contributed by atoms with Crippen LogP contribution in [0.4, 0.5) is 0 Å². The van der Waals surface area contributed by atoms with E-state index >= 15 is 0 Å². The lowest BCUT2D eigenvalue weighted by Gasteiger charge is -2.33. The first-order valence-electron chi connectivity index (χ1n) is 10.7. The standard InChI is InChI=1S/C23H28N4O3/c1-3-18-11-21(26-30-18)22(28)25-13-20-15(2)24-12-17-14-27(10-9-19(17)20)23(29)16-7-5-4-6-8-16/h4-5,11-12,16H,3,6-10,13-14H2,1-2H3,(H,25,28)/t16-/m1/s1. The highest BCUT2D eigenvalue weighted by molar-refractivity contribution is 5.92. The summed E-state index contributed by atoms with van der Waals surface area (Å²) in [6.45, 7) is 5.59. The highest BCUT2D eigenvalue weighted by Gasteiger charge is 2.28. The van der Waals surface area contributed by atoms with Gasteiger partial charge in [-0.1, -0.05) is 24.2 Å². The second-order valence-electron chi connectivity index (χ2n) is 8.03. The van der Waals surface area contributed by atoms with Crippen molar-refractivity contribution in [3.63, 3.8) is 0 Å². The zero-order valence-electron chi connectivity index (χ0n) is 17.6. The number of amides is 2. The van der Waals surface area contributed by atoms with Crippen molar-refractivity contribution >= 4 is 11.8 Å². The van der Waals surface area contributed by atoms with E-state index in [1.807, 2.05) is 24.9 Å². The van der Waals surface area contributed by atoms with Crippen molar-refractivity contribution in [1.82, 2.24) is 20.4 Å². The molecule has 3 heterocycles. The first-order valence-corrected chi connectivity index (χ1v) is 10.7. The molecule has 0 aromatic carbocycles. The molecule has 7 heteroatoms. The molecule has 0 saturated carbocycles. The lowest BCUT2D eigenvalue weighted by atomic mass is 9.90. The van der Waals surface area contributed by atoms with Crippen LogP contribution < -0.4 is 5.32 Å². The van der Waals surface area contributed by atoms with Crippen LogP contribution in [0.25, 0.3) is 0 Å². The minimum absolute atomic E-state index is 0.101. The number of pyridine rings is 1. The summed E-state index contributed by atoms with van der Waals surface area (Å²) in [5.41, 5.74) is 4.50. The topological polar surface area (TPSA) is 88.3 Å². The summed E-state index contributed by atoms with van der Waals surface area (Å²) in [6, 6.07) is 1.67. The Balaban J connectivity index is 1.45. The van der Waals surface area contributed by atoms with Gasteiger partial charge in [0.15, 0.2) is 5.69 Å². The Labute approximate surface area is 176 Å². The Hall–Kier alpha value is -2.96. The molecule has 0 saturated heterocycles. The Morgan fingerprint density at radius 1 is 1.33 bits per heavy atom. The van der Waals surface area contributed by atoms with Gasteiger partial charge < -0.3 is 14.7 Å². The molecular weight excluding hydrogens is 380 g/mol. The predicted molar refractivity (Wildman–Crippen MR) is 112 cm³/mol. The lowest BCUT2D eigenvalue weighted by molar-refractivity contribution is -0.136. The van der Waals surface area contributed by atoms with Gasteiger partial charge in [-0.05, 0) is 49.3 Å².